The van der Waals surface area contributed by atoms with E-state index in [0.717, 1.165) is 36.0 Å². The zero-order valence-electron chi connectivity index (χ0n) is 10.6. The number of carboxylic acid groups (broad SMARTS) is 1. The number of anilines is 2. The average molecular weight is 298 g/mol. The molecule has 0 radical (unpaired) electrons. The van der Waals surface area contributed by atoms with Gasteiger partial charge in [0.2, 0.25) is 0 Å². The predicted octanol–water partition coefficient (Wildman–Crippen LogP) is 3.82. The van der Waals surface area contributed by atoms with Crippen molar-refractivity contribution in [3.8, 4) is 0 Å². The maximum atomic E-state index is 13.5. The summed E-state index contributed by atoms with van der Waals surface area (Å²) in [6.45, 7) is 1.91. The van der Waals surface area contributed by atoms with Gasteiger partial charge in [-0.15, -0.1) is 0 Å². The van der Waals surface area contributed by atoms with Gasteiger partial charge in [0.1, 0.15) is 16.5 Å². The Balaban J connectivity index is 2.31. The third-order valence-corrected chi connectivity index (χ3v) is 3.55. The molecule has 0 saturated carbocycles. The number of aryl methyl sites for hydroxylation is 1. The Hall–Kier alpha value is -2.02. The van der Waals surface area contributed by atoms with E-state index < -0.39 is 17.6 Å². The monoisotopic (exact) mass is 298 g/mol. The number of rotatable bonds is 5. The first-order chi connectivity index (χ1) is 9.51. The van der Waals surface area contributed by atoms with Crippen LogP contribution in [-0.4, -0.2) is 16.1 Å². The number of nitrogens with one attached hydrogen (secondary N) is 1. The van der Waals surface area contributed by atoms with Crippen LogP contribution in [-0.2, 0) is 6.42 Å². The van der Waals surface area contributed by atoms with E-state index in [0.29, 0.717) is 12.1 Å². The van der Waals surface area contributed by atoms with Crippen molar-refractivity contribution >= 4 is 28.1 Å². The summed E-state index contributed by atoms with van der Waals surface area (Å²) in [5.74, 6) is -2.29. The van der Waals surface area contributed by atoms with Gasteiger partial charge in [-0.2, -0.15) is 0 Å². The van der Waals surface area contributed by atoms with Crippen molar-refractivity contribution in [2.75, 3.05) is 5.32 Å². The van der Waals surface area contributed by atoms with E-state index in [9.17, 15) is 13.6 Å². The molecule has 20 heavy (non-hydrogen) atoms. The second kappa shape index (κ2) is 5.96. The van der Waals surface area contributed by atoms with Gasteiger partial charge >= 0.3 is 5.97 Å². The van der Waals surface area contributed by atoms with Crippen LogP contribution in [0.3, 0.4) is 0 Å². The standard InChI is InChI=1S/C13H12F2N2O2S/c1-2-3-9-11(12(18)19)20-13(16-9)17-10-6-7(14)4-5-8(10)15/h4-6H,2-3H2,1H3,(H,16,17)(H,18,19). The third kappa shape index (κ3) is 3.11. The smallest absolute Gasteiger partial charge is 0.347 e. The summed E-state index contributed by atoms with van der Waals surface area (Å²) in [5, 5.41) is 11.9. The molecule has 2 rings (SSSR count). The van der Waals surface area contributed by atoms with Crippen LogP contribution in [0.5, 0.6) is 0 Å². The first-order valence-electron chi connectivity index (χ1n) is 5.96. The minimum atomic E-state index is -1.07. The Morgan fingerprint density at radius 1 is 1.45 bits per heavy atom. The Bertz CT molecular complexity index is 643. The van der Waals surface area contributed by atoms with E-state index in [2.05, 4.69) is 10.3 Å². The number of halogens is 2. The molecule has 0 aliphatic rings. The van der Waals surface area contributed by atoms with Gasteiger partial charge in [0.25, 0.3) is 0 Å². The molecule has 4 nitrogen and oxygen atoms in total. The second-order valence-electron chi connectivity index (χ2n) is 4.10. The molecular formula is C13H12F2N2O2S. The lowest BCUT2D eigenvalue weighted by Crippen LogP contribution is -1.98. The summed E-state index contributed by atoms with van der Waals surface area (Å²) in [7, 11) is 0. The van der Waals surface area contributed by atoms with Gasteiger partial charge in [0.15, 0.2) is 5.13 Å². The Morgan fingerprint density at radius 3 is 2.85 bits per heavy atom. The molecule has 7 heteroatoms. The van der Waals surface area contributed by atoms with Crippen LogP contribution in [0.15, 0.2) is 18.2 Å². The number of benzene rings is 1. The maximum absolute atomic E-state index is 13.5. The van der Waals surface area contributed by atoms with E-state index in [-0.39, 0.29) is 15.7 Å². The highest BCUT2D eigenvalue weighted by atomic mass is 32.1. The van der Waals surface area contributed by atoms with Gasteiger partial charge in [-0.3, -0.25) is 0 Å². The molecule has 0 spiro atoms. The SMILES string of the molecule is CCCc1nc(Nc2cc(F)ccc2F)sc1C(=O)O. The van der Waals surface area contributed by atoms with Crippen molar-refractivity contribution in [2.24, 2.45) is 0 Å². The van der Waals surface area contributed by atoms with Gasteiger partial charge in [-0.1, -0.05) is 24.7 Å². The Kier molecular flexibility index (Phi) is 4.29. The molecule has 0 fully saturated rings. The summed E-state index contributed by atoms with van der Waals surface area (Å²) < 4.78 is 26.6. The molecule has 0 aliphatic carbocycles. The fourth-order valence-electron chi connectivity index (χ4n) is 1.69. The van der Waals surface area contributed by atoms with Crippen LogP contribution in [0.25, 0.3) is 0 Å². The molecule has 0 aliphatic heterocycles. The average Bonchev–Trinajstić information content (AvgIpc) is 2.77. The maximum Gasteiger partial charge on any atom is 0.347 e. The number of carbonyl (C=O) groups is 1. The number of nitrogens with zero attached hydrogens (tertiary/aromatic N) is 1. The molecule has 0 bridgehead atoms. The molecule has 2 N–H and O–H groups in total. The first-order valence-corrected chi connectivity index (χ1v) is 6.78. The third-order valence-electron chi connectivity index (χ3n) is 2.55. The summed E-state index contributed by atoms with van der Waals surface area (Å²) in [5.41, 5.74) is 0.378. The van der Waals surface area contributed by atoms with Crippen molar-refractivity contribution in [3.05, 3.63) is 40.4 Å². The van der Waals surface area contributed by atoms with E-state index in [1.807, 2.05) is 6.92 Å². The Labute approximate surface area is 118 Å². The van der Waals surface area contributed by atoms with Crippen LogP contribution in [0.1, 0.15) is 28.7 Å². The number of carboxylic acids is 1. The molecule has 0 unspecified atom stereocenters. The topological polar surface area (TPSA) is 62.2 Å². The van der Waals surface area contributed by atoms with Crippen LogP contribution < -0.4 is 5.32 Å². The highest BCUT2D eigenvalue weighted by Gasteiger charge is 2.17. The molecule has 1 aromatic heterocycles. The predicted molar refractivity (Wildman–Crippen MR) is 72.7 cm³/mol. The van der Waals surface area contributed by atoms with Gasteiger partial charge in [-0.05, 0) is 18.6 Å². The minimum Gasteiger partial charge on any atom is -0.477 e. The summed E-state index contributed by atoms with van der Waals surface area (Å²) in [6.07, 6.45) is 1.27. The highest BCUT2D eigenvalue weighted by molar-refractivity contribution is 7.17. The first kappa shape index (κ1) is 14.4. The molecule has 0 amide bonds. The zero-order chi connectivity index (χ0) is 14.7. The fraction of sp³-hybridized carbons (Fsp3) is 0.231. The van der Waals surface area contributed by atoms with Gasteiger partial charge in [0, 0.05) is 6.07 Å². The molecule has 0 atom stereocenters. The molecule has 1 aromatic carbocycles. The lowest BCUT2D eigenvalue weighted by Gasteiger charge is -2.03. The van der Waals surface area contributed by atoms with Crippen LogP contribution in [0, 0.1) is 11.6 Å². The normalized spacial score (nSPS) is 10.6. The van der Waals surface area contributed by atoms with E-state index in [4.69, 9.17) is 5.11 Å². The second-order valence-corrected chi connectivity index (χ2v) is 5.10. The molecular weight excluding hydrogens is 286 g/mol. The number of hydrogen-bond donors (Lipinski definition) is 2. The quantitative estimate of drug-likeness (QED) is 0.881. The lowest BCUT2D eigenvalue weighted by molar-refractivity contribution is 0.0700. The minimum absolute atomic E-state index is 0.0706. The number of aromatic carboxylic acids is 1. The number of aromatic nitrogens is 1. The van der Waals surface area contributed by atoms with Crippen molar-refractivity contribution in [2.45, 2.75) is 19.8 Å². The van der Waals surface area contributed by atoms with Crippen molar-refractivity contribution in [1.82, 2.24) is 4.98 Å². The lowest BCUT2D eigenvalue weighted by atomic mass is 10.2. The number of thiazole rings is 1. The Morgan fingerprint density at radius 2 is 2.20 bits per heavy atom. The van der Waals surface area contributed by atoms with E-state index in [1.165, 1.54) is 0 Å². The summed E-state index contributed by atoms with van der Waals surface area (Å²) in [4.78, 5) is 15.3. The fourth-order valence-corrected chi connectivity index (χ4v) is 2.55. The van der Waals surface area contributed by atoms with Gasteiger partial charge in [-0.25, -0.2) is 18.6 Å². The van der Waals surface area contributed by atoms with Crippen LogP contribution >= 0.6 is 11.3 Å². The van der Waals surface area contributed by atoms with Crippen molar-refractivity contribution in [1.29, 1.82) is 0 Å². The van der Waals surface area contributed by atoms with E-state index >= 15 is 0 Å². The molecule has 2 aromatic rings. The summed E-state index contributed by atoms with van der Waals surface area (Å²) >= 11 is 0.906. The van der Waals surface area contributed by atoms with Crippen molar-refractivity contribution < 1.29 is 18.7 Å². The van der Waals surface area contributed by atoms with E-state index in [1.54, 1.807) is 0 Å². The van der Waals surface area contributed by atoms with Gasteiger partial charge in [0.05, 0.1) is 11.4 Å². The largest absolute Gasteiger partial charge is 0.477 e. The van der Waals surface area contributed by atoms with Gasteiger partial charge < -0.3 is 10.4 Å². The van der Waals surface area contributed by atoms with Crippen molar-refractivity contribution in [3.63, 3.8) is 0 Å². The highest BCUT2D eigenvalue weighted by Crippen LogP contribution is 2.28. The zero-order valence-corrected chi connectivity index (χ0v) is 11.4. The molecule has 0 saturated heterocycles. The number of hydrogen-bond acceptors (Lipinski definition) is 4. The molecule has 1 heterocycles. The van der Waals surface area contributed by atoms with Crippen LogP contribution in [0.4, 0.5) is 19.6 Å². The summed E-state index contributed by atoms with van der Waals surface area (Å²) in [6, 6.07) is 3.00. The molecule has 106 valence electrons. The van der Waals surface area contributed by atoms with Crippen LogP contribution in [0.2, 0.25) is 0 Å².